The highest BCUT2D eigenvalue weighted by Gasteiger charge is 2.12. The van der Waals surface area contributed by atoms with E-state index in [1.165, 1.54) is 12.1 Å². The van der Waals surface area contributed by atoms with E-state index in [0.717, 1.165) is 11.3 Å². The van der Waals surface area contributed by atoms with E-state index in [-0.39, 0.29) is 24.3 Å². The van der Waals surface area contributed by atoms with Crippen LogP contribution in [0.5, 0.6) is 0 Å². The van der Waals surface area contributed by atoms with E-state index in [9.17, 15) is 9.18 Å². The number of hydrogen-bond donors (Lipinski definition) is 2. The van der Waals surface area contributed by atoms with Crippen LogP contribution in [-0.2, 0) is 11.8 Å². The van der Waals surface area contributed by atoms with Crippen molar-refractivity contribution >= 4 is 23.3 Å². The Morgan fingerprint density at radius 2 is 2.18 bits per heavy atom. The lowest BCUT2D eigenvalue weighted by Crippen LogP contribution is -2.30. The van der Waals surface area contributed by atoms with Gasteiger partial charge in [0.2, 0.25) is 5.91 Å². The number of anilines is 1. The fraction of sp³-hybridized carbons (Fsp3) is 0.333. The van der Waals surface area contributed by atoms with Crippen molar-refractivity contribution in [2.75, 3.05) is 11.9 Å². The van der Waals surface area contributed by atoms with E-state index in [1.54, 1.807) is 23.9 Å². The average Bonchev–Trinajstić information content (AvgIpc) is 2.74. The molecule has 0 radical (unpaired) electrons. The van der Waals surface area contributed by atoms with Gasteiger partial charge in [0.15, 0.2) is 0 Å². The number of nitrogens with one attached hydrogen (secondary N) is 2. The van der Waals surface area contributed by atoms with Crippen molar-refractivity contribution in [1.82, 2.24) is 15.1 Å². The van der Waals surface area contributed by atoms with Crippen molar-refractivity contribution in [3.05, 3.63) is 46.4 Å². The number of carbonyl (C=O) groups is 1. The molecule has 0 saturated heterocycles. The molecule has 1 atom stereocenters. The lowest BCUT2D eigenvalue weighted by Gasteiger charge is -2.15. The molecule has 0 spiro atoms. The molecule has 1 unspecified atom stereocenters. The van der Waals surface area contributed by atoms with Gasteiger partial charge in [0, 0.05) is 24.2 Å². The van der Waals surface area contributed by atoms with Crippen LogP contribution in [0.2, 0.25) is 5.02 Å². The number of aromatic nitrogens is 2. The molecule has 1 heterocycles. The molecule has 22 heavy (non-hydrogen) atoms. The predicted octanol–water partition coefficient (Wildman–Crippen LogP) is 2.81. The third-order valence-electron chi connectivity index (χ3n) is 3.27. The summed E-state index contributed by atoms with van der Waals surface area (Å²) in [6.07, 6.45) is 0. The number of carbonyl (C=O) groups excluding carboxylic acids is 1. The summed E-state index contributed by atoms with van der Waals surface area (Å²) in [5.41, 5.74) is 1.57. The summed E-state index contributed by atoms with van der Waals surface area (Å²) in [5.74, 6) is 0.0649. The van der Waals surface area contributed by atoms with E-state index >= 15 is 0 Å². The topological polar surface area (TPSA) is 59.0 Å². The Hall–Kier alpha value is -1.92. The van der Waals surface area contributed by atoms with Gasteiger partial charge < -0.3 is 10.6 Å². The second-order valence-electron chi connectivity index (χ2n) is 5.11. The maximum atomic E-state index is 13.0. The van der Waals surface area contributed by atoms with Crippen LogP contribution in [0.25, 0.3) is 0 Å². The summed E-state index contributed by atoms with van der Waals surface area (Å²) >= 11 is 6.00. The van der Waals surface area contributed by atoms with Gasteiger partial charge in [0.1, 0.15) is 11.6 Å². The summed E-state index contributed by atoms with van der Waals surface area (Å²) in [6, 6.07) is 5.83. The molecule has 1 aromatic heterocycles. The molecule has 2 N–H and O–H groups in total. The highest BCUT2D eigenvalue weighted by atomic mass is 35.5. The van der Waals surface area contributed by atoms with E-state index < -0.39 is 0 Å². The van der Waals surface area contributed by atoms with Crippen LogP contribution in [-0.4, -0.2) is 22.2 Å². The zero-order valence-electron chi connectivity index (χ0n) is 12.7. The Kier molecular flexibility index (Phi) is 5.15. The Balaban J connectivity index is 1.91. The molecule has 0 saturated carbocycles. The van der Waals surface area contributed by atoms with Crippen molar-refractivity contribution in [2.45, 2.75) is 19.9 Å². The first-order valence-corrected chi connectivity index (χ1v) is 7.23. The van der Waals surface area contributed by atoms with E-state index in [0.29, 0.717) is 10.8 Å². The third-order valence-corrected chi connectivity index (χ3v) is 3.59. The smallest absolute Gasteiger partial charge is 0.239 e. The first-order chi connectivity index (χ1) is 10.4. The SMILES string of the molecule is Cc1cc(NC(=O)CNC(C)c2ccc(F)cc2Cl)n(C)n1. The van der Waals surface area contributed by atoms with Gasteiger partial charge >= 0.3 is 0 Å². The molecule has 0 fully saturated rings. The number of hydrogen-bond acceptors (Lipinski definition) is 3. The van der Waals surface area contributed by atoms with E-state index in [4.69, 9.17) is 11.6 Å². The van der Waals surface area contributed by atoms with Gasteiger partial charge in [0.25, 0.3) is 0 Å². The number of nitrogens with zero attached hydrogens (tertiary/aromatic N) is 2. The molecule has 2 aromatic rings. The molecule has 0 aliphatic rings. The van der Waals surface area contributed by atoms with Crippen molar-refractivity contribution in [3.8, 4) is 0 Å². The van der Waals surface area contributed by atoms with E-state index in [1.807, 2.05) is 13.8 Å². The number of aryl methyl sites for hydroxylation is 2. The highest BCUT2D eigenvalue weighted by Crippen LogP contribution is 2.23. The first kappa shape index (κ1) is 16.5. The minimum Gasteiger partial charge on any atom is -0.310 e. The zero-order chi connectivity index (χ0) is 16.3. The maximum Gasteiger partial charge on any atom is 0.239 e. The molecule has 0 aliphatic carbocycles. The van der Waals surface area contributed by atoms with Gasteiger partial charge in [0.05, 0.1) is 12.2 Å². The lowest BCUT2D eigenvalue weighted by atomic mass is 10.1. The van der Waals surface area contributed by atoms with Crippen LogP contribution < -0.4 is 10.6 Å². The van der Waals surface area contributed by atoms with Gasteiger partial charge in [-0.05, 0) is 31.5 Å². The van der Waals surface area contributed by atoms with Gasteiger partial charge in [-0.2, -0.15) is 5.10 Å². The molecular formula is C15H18ClFN4O. The fourth-order valence-corrected chi connectivity index (χ4v) is 2.45. The van der Waals surface area contributed by atoms with Crippen molar-refractivity contribution in [3.63, 3.8) is 0 Å². The zero-order valence-corrected chi connectivity index (χ0v) is 13.4. The molecule has 5 nitrogen and oxygen atoms in total. The van der Waals surface area contributed by atoms with Crippen LogP contribution >= 0.6 is 11.6 Å². The summed E-state index contributed by atoms with van der Waals surface area (Å²) in [4.78, 5) is 11.9. The molecule has 118 valence electrons. The quantitative estimate of drug-likeness (QED) is 0.889. The maximum absolute atomic E-state index is 13.0. The number of benzene rings is 1. The molecular weight excluding hydrogens is 307 g/mol. The molecule has 0 bridgehead atoms. The van der Waals surface area contributed by atoms with Gasteiger partial charge in [-0.3, -0.25) is 9.48 Å². The average molecular weight is 325 g/mol. The minimum absolute atomic E-state index is 0.110. The van der Waals surface area contributed by atoms with Crippen molar-refractivity contribution < 1.29 is 9.18 Å². The fourth-order valence-electron chi connectivity index (χ4n) is 2.12. The normalized spacial score (nSPS) is 12.2. The third kappa shape index (κ3) is 4.05. The van der Waals surface area contributed by atoms with Crippen LogP contribution in [0.3, 0.4) is 0 Å². The second kappa shape index (κ2) is 6.89. The first-order valence-electron chi connectivity index (χ1n) is 6.85. The van der Waals surface area contributed by atoms with Crippen LogP contribution in [0.15, 0.2) is 24.3 Å². The lowest BCUT2D eigenvalue weighted by molar-refractivity contribution is -0.115. The van der Waals surface area contributed by atoms with Crippen molar-refractivity contribution in [2.24, 2.45) is 7.05 Å². The van der Waals surface area contributed by atoms with Crippen LogP contribution in [0, 0.1) is 12.7 Å². The number of amides is 1. The molecule has 7 heteroatoms. The monoisotopic (exact) mass is 324 g/mol. The summed E-state index contributed by atoms with van der Waals surface area (Å²) in [6.45, 7) is 3.83. The molecule has 1 aromatic carbocycles. The number of halogens is 2. The molecule has 2 rings (SSSR count). The predicted molar refractivity (Wildman–Crippen MR) is 84.4 cm³/mol. The van der Waals surface area contributed by atoms with Crippen LogP contribution in [0.4, 0.5) is 10.2 Å². The minimum atomic E-state index is -0.384. The largest absolute Gasteiger partial charge is 0.310 e. The van der Waals surface area contributed by atoms with Gasteiger partial charge in [-0.1, -0.05) is 17.7 Å². The highest BCUT2D eigenvalue weighted by molar-refractivity contribution is 6.31. The van der Waals surface area contributed by atoms with Crippen LogP contribution in [0.1, 0.15) is 24.2 Å². The summed E-state index contributed by atoms with van der Waals surface area (Å²) in [7, 11) is 1.76. The summed E-state index contributed by atoms with van der Waals surface area (Å²) < 4.78 is 14.6. The molecule has 0 aliphatic heterocycles. The Morgan fingerprint density at radius 3 is 2.77 bits per heavy atom. The number of rotatable bonds is 5. The van der Waals surface area contributed by atoms with Gasteiger partial charge in [-0.15, -0.1) is 0 Å². The Morgan fingerprint density at radius 1 is 1.45 bits per heavy atom. The standard InChI is InChI=1S/C15H18ClFN4O/c1-9-6-14(21(3)20-9)19-15(22)8-18-10(2)12-5-4-11(17)7-13(12)16/h4-7,10,18H,8H2,1-3H3,(H,19,22). The second-order valence-corrected chi connectivity index (χ2v) is 5.52. The summed E-state index contributed by atoms with van der Waals surface area (Å²) in [5, 5.41) is 10.3. The van der Waals surface area contributed by atoms with Gasteiger partial charge in [-0.25, -0.2) is 4.39 Å². The van der Waals surface area contributed by atoms with Crippen molar-refractivity contribution in [1.29, 1.82) is 0 Å². The Labute approximate surface area is 133 Å². The molecule has 1 amide bonds. The Bertz CT molecular complexity index is 686. The van der Waals surface area contributed by atoms with E-state index in [2.05, 4.69) is 15.7 Å².